The number of rotatable bonds is 4. The van der Waals surface area contributed by atoms with E-state index in [1.807, 2.05) is 24.5 Å². The molecule has 1 fully saturated rings. The molecule has 1 atom stereocenters. The Morgan fingerprint density at radius 2 is 1.89 bits per heavy atom. The van der Waals surface area contributed by atoms with Crippen LogP contribution >= 0.6 is 12.1 Å². The first-order valence-electron chi connectivity index (χ1n) is 13.0. The molecule has 0 spiro atoms. The van der Waals surface area contributed by atoms with E-state index in [1.165, 1.54) is 83.2 Å². The molecule has 3 N–H and O–H groups in total. The van der Waals surface area contributed by atoms with Crippen molar-refractivity contribution in [3.05, 3.63) is 53.1 Å². The van der Waals surface area contributed by atoms with Crippen molar-refractivity contribution in [1.82, 2.24) is 13.6 Å². The molecule has 184 valence electrons. The molecule has 2 aromatic carbocycles. The van der Waals surface area contributed by atoms with Crippen molar-refractivity contribution < 1.29 is 4.79 Å². The van der Waals surface area contributed by atoms with Gasteiger partial charge in [-0.3, -0.25) is 9.52 Å². The van der Waals surface area contributed by atoms with Crippen molar-refractivity contribution in [3.63, 3.8) is 0 Å². The standard InChI is InChI=1S/C28H35N5OS/c1-31(2)35-30-28(34)19-11-12-21-24(17-19)33-16-15-32-14-13-23(29)20-9-6-10-22(26(20)32)27(33)25(21)18-7-4-3-5-8-18/h6,9-12,17-18,23H,3-5,7-8,13-16,29H2,1-2H3,(H,30,34). The number of benzene rings is 2. The van der Waals surface area contributed by atoms with Gasteiger partial charge in [0.15, 0.2) is 0 Å². The third-order valence-electron chi connectivity index (χ3n) is 8.04. The molecule has 1 unspecified atom stereocenters. The summed E-state index contributed by atoms with van der Waals surface area (Å²) < 4.78 is 7.34. The number of amides is 1. The molecule has 1 aliphatic carbocycles. The Labute approximate surface area is 212 Å². The van der Waals surface area contributed by atoms with Crippen LogP contribution in [0.4, 0.5) is 5.69 Å². The van der Waals surface area contributed by atoms with Gasteiger partial charge in [0.2, 0.25) is 0 Å². The van der Waals surface area contributed by atoms with E-state index < -0.39 is 0 Å². The largest absolute Gasteiger partial charge is 0.369 e. The van der Waals surface area contributed by atoms with Gasteiger partial charge in [0, 0.05) is 59.8 Å². The number of aromatic nitrogens is 1. The highest BCUT2D eigenvalue weighted by atomic mass is 32.2. The number of carbonyl (C=O) groups is 1. The molecule has 0 bridgehead atoms. The lowest BCUT2D eigenvalue weighted by Crippen LogP contribution is -2.35. The zero-order valence-corrected chi connectivity index (χ0v) is 21.5. The molecule has 35 heavy (non-hydrogen) atoms. The van der Waals surface area contributed by atoms with E-state index in [9.17, 15) is 4.79 Å². The zero-order valence-electron chi connectivity index (χ0n) is 20.7. The Bertz CT molecular complexity index is 1280. The smallest absolute Gasteiger partial charge is 0.262 e. The molecular weight excluding hydrogens is 454 g/mol. The lowest BCUT2D eigenvalue weighted by Gasteiger charge is -2.35. The van der Waals surface area contributed by atoms with Crippen molar-refractivity contribution in [2.45, 2.75) is 57.0 Å². The maximum absolute atomic E-state index is 12.9. The normalized spacial score (nSPS) is 20.0. The van der Waals surface area contributed by atoms with Gasteiger partial charge in [-0.1, -0.05) is 43.5 Å². The van der Waals surface area contributed by atoms with Crippen LogP contribution in [-0.2, 0) is 6.54 Å². The summed E-state index contributed by atoms with van der Waals surface area (Å²) in [4.78, 5) is 15.5. The van der Waals surface area contributed by atoms with Gasteiger partial charge in [0.1, 0.15) is 0 Å². The number of anilines is 1. The van der Waals surface area contributed by atoms with Crippen LogP contribution in [-0.4, -0.2) is 42.0 Å². The topological polar surface area (TPSA) is 66.5 Å². The van der Waals surface area contributed by atoms with Gasteiger partial charge in [0.25, 0.3) is 5.91 Å². The van der Waals surface area contributed by atoms with E-state index in [4.69, 9.17) is 5.73 Å². The average Bonchev–Trinajstić information content (AvgIpc) is 3.10. The van der Waals surface area contributed by atoms with Gasteiger partial charge in [0.05, 0.1) is 11.4 Å². The van der Waals surface area contributed by atoms with Gasteiger partial charge < -0.3 is 15.2 Å². The minimum absolute atomic E-state index is 0.0535. The molecule has 6 nitrogen and oxygen atoms in total. The Morgan fingerprint density at radius 3 is 2.69 bits per heavy atom. The lowest BCUT2D eigenvalue weighted by atomic mass is 9.81. The summed E-state index contributed by atoms with van der Waals surface area (Å²) in [5, 5.41) is 1.31. The first kappa shape index (κ1) is 23.0. The summed E-state index contributed by atoms with van der Waals surface area (Å²) in [5.74, 6) is 0.508. The highest BCUT2D eigenvalue weighted by molar-refractivity contribution is 7.95. The molecule has 1 amide bonds. The second-order valence-electron chi connectivity index (χ2n) is 10.4. The summed E-state index contributed by atoms with van der Waals surface area (Å²) in [6.07, 6.45) is 7.40. The van der Waals surface area contributed by atoms with Gasteiger partial charge in [-0.05, 0) is 62.5 Å². The van der Waals surface area contributed by atoms with Crippen molar-refractivity contribution in [2.24, 2.45) is 5.73 Å². The van der Waals surface area contributed by atoms with Crippen LogP contribution in [0.1, 0.15) is 72.0 Å². The summed E-state index contributed by atoms with van der Waals surface area (Å²) in [6.45, 7) is 2.88. The Kier molecular flexibility index (Phi) is 6.03. The van der Waals surface area contributed by atoms with Crippen molar-refractivity contribution in [1.29, 1.82) is 0 Å². The fraction of sp³-hybridized carbons (Fsp3) is 0.464. The lowest BCUT2D eigenvalue weighted by molar-refractivity contribution is 0.0983. The van der Waals surface area contributed by atoms with Crippen LogP contribution in [0, 0.1) is 0 Å². The molecule has 0 radical (unpaired) electrons. The molecule has 1 saturated carbocycles. The third-order valence-corrected chi connectivity index (χ3v) is 8.68. The zero-order chi connectivity index (χ0) is 24.1. The Morgan fingerprint density at radius 1 is 1.06 bits per heavy atom. The predicted octanol–water partition coefficient (Wildman–Crippen LogP) is 5.43. The van der Waals surface area contributed by atoms with Gasteiger partial charge in [-0.2, -0.15) is 0 Å². The van der Waals surface area contributed by atoms with Gasteiger partial charge in [-0.25, -0.2) is 4.31 Å². The summed E-state index contributed by atoms with van der Waals surface area (Å²) in [7, 11) is 3.85. The van der Waals surface area contributed by atoms with Crippen molar-refractivity contribution in [2.75, 3.05) is 32.1 Å². The molecular formula is C28H35N5OS. The summed E-state index contributed by atoms with van der Waals surface area (Å²) in [6, 6.07) is 13.1. The van der Waals surface area contributed by atoms with E-state index in [-0.39, 0.29) is 11.9 Å². The minimum atomic E-state index is -0.0535. The number of nitrogens with one attached hydrogen (secondary N) is 1. The quantitative estimate of drug-likeness (QED) is 0.478. The van der Waals surface area contributed by atoms with E-state index in [0.29, 0.717) is 11.5 Å². The van der Waals surface area contributed by atoms with Crippen LogP contribution in [0.15, 0.2) is 36.4 Å². The number of fused-ring (bicyclic) bond motifs is 4. The molecule has 0 saturated heterocycles. The average molecular weight is 490 g/mol. The van der Waals surface area contributed by atoms with E-state index >= 15 is 0 Å². The van der Waals surface area contributed by atoms with Crippen LogP contribution in [0.2, 0.25) is 0 Å². The second-order valence-corrected chi connectivity index (χ2v) is 11.6. The number of carbonyl (C=O) groups excluding carboxylic acids is 1. The maximum Gasteiger partial charge on any atom is 0.262 e. The molecule has 3 aliphatic rings. The van der Waals surface area contributed by atoms with Crippen molar-refractivity contribution in [3.8, 4) is 11.3 Å². The fourth-order valence-electron chi connectivity index (χ4n) is 6.45. The first-order chi connectivity index (χ1) is 17.0. The number of nitrogens with zero attached hydrogens (tertiary/aromatic N) is 3. The molecule has 6 rings (SSSR count). The van der Waals surface area contributed by atoms with E-state index in [0.717, 1.165) is 26.1 Å². The molecule has 7 heteroatoms. The highest BCUT2D eigenvalue weighted by Crippen LogP contribution is 2.49. The molecule has 3 aromatic rings. The minimum Gasteiger partial charge on any atom is -0.369 e. The van der Waals surface area contributed by atoms with E-state index in [1.54, 1.807) is 0 Å². The SMILES string of the molecule is CN(C)SNC(=O)c1ccc2c(C3CCCCC3)c3n(c2c1)CCN1CCC(N)c2cccc-3c21. The monoisotopic (exact) mass is 489 g/mol. The fourth-order valence-corrected chi connectivity index (χ4v) is 6.83. The van der Waals surface area contributed by atoms with Crippen LogP contribution < -0.4 is 15.4 Å². The van der Waals surface area contributed by atoms with Crippen LogP contribution in [0.25, 0.3) is 22.2 Å². The van der Waals surface area contributed by atoms with Crippen LogP contribution in [0.3, 0.4) is 0 Å². The number of hydrogen-bond acceptors (Lipinski definition) is 5. The Balaban J connectivity index is 1.57. The number of para-hydroxylation sites is 1. The van der Waals surface area contributed by atoms with Crippen molar-refractivity contribution >= 4 is 34.6 Å². The second kappa shape index (κ2) is 9.19. The molecule has 1 aromatic heterocycles. The van der Waals surface area contributed by atoms with Gasteiger partial charge in [-0.15, -0.1) is 0 Å². The molecule has 3 heterocycles. The van der Waals surface area contributed by atoms with Gasteiger partial charge >= 0.3 is 0 Å². The number of hydrogen-bond donors (Lipinski definition) is 2. The highest BCUT2D eigenvalue weighted by Gasteiger charge is 2.33. The summed E-state index contributed by atoms with van der Waals surface area (Å²) >= 11 is 1.31. The molecule has 2 aliphatic heterocycles. The first-order valence-corrected chi connectivity index (χ1v) is 13.7. The number of nitrogens with two attached hydrogens (primary N) is 1. The maximum atomic E-state index is 12.9. The third kappa shape index (κ3) is 3.94. The van der Waals surface area contributed by atoms with E-state index in [2.05, 4.69) is 44.5 Å². The summed E-state index contributed by atoms with van der Waals surface area (Å²) in [5.41, 5.74) is 15.3. The predicted molar refractivity (Wildman–Crippen MR) is 146 cm³/mol. The Hall–Kier alpha value is -2.48. The van der Waals surface area contributed by atoms with Crippen LogP contribution in [0.5, 0.6) is 0 Å².